The zero-order valence-electron chi connectivity index (χ0n) is 11.3. The fourth-order valence-corrected chi connectivity index (χ4v) is 2.51. The average Bonchev–Trinajstić information content (AvgIpc) is 2.76. The Morgan fingerprint density at radius 2 is 2.15 bits per heavy atom. The molecule has 1 aliphatic rings. The Kier molecular flexibility index (Phi) is 3.26. The molecule has 104 valence electrons. The molecule has 1 aromatic carbocycles. The molecule has 0 N–H and O–H groups in total. The molecule has 0 bridgehead atoms. The SMILES string of the molecule is Cn1cncc1CC(=O)N1CC(c2ccccc2F)C1. The van der Waals surface area contributed by atoms with E-state index in [1.165, 1.54) is 6.07 Å². The zero-order valence-corrected chi connectivity index (χ0v) is 11.3. The molecule has 1 saturated heterocycles. The van der Waals surface area contributed by atoms with Gasteiger partial charge >= 0.3 is 0 Å². The van der Waals surface area contributed by atoms with Crippen molar-refractivity contribution in [3.63, 3.8) is 0 Å². The lowest BCUT2D eigenvalue weighted by atomic mass is 9.90. The van der Waals surface area contributed by atoms with Crippen LogP contribution < -0.4 is 0 Å². The molecular formula is C15H16FN3O. The number of carbonyl (C=O) groups excluding carboxylic acids is 1. The number of aromatic nitrogens is 2. The second kappa shape index (κ2) is 5.07. The van der Waals surface area contributed by atoms with Crippen LogP contribution in [0.1, 0.15) is 17.2 Å². The van der Waals surface area contributed by atoms with Crippen molar-refractivity contribution in [2.75, 3.05) is 13.1 Å². The monoisotopic (exact) mass is 273 g/mol. The summed E-state index contributed by atoms with van der Waals surface area (Å²) in [6.07, 6.45) is 3.73. The first-order valence-corrected chi connectivity index (χ1v) is 6.62. The number of imidazole rings is 1. The first-order chi connectivity index (χ1) is 9.65. The summed E-state index contributed by atoms with van der Waals surface area (Å²) in [7, 11) is 1.87. The Bertz CT molecular complexity index is 632. The predicted octanol–water partition coefficient (Wildman–Crippen LogP) is 1.73. The first-order valence-electron chi connectivity index (χ1n) is 6.62. The summed E-state index contributed by atoms with van der Waals surface area (Å²) < 4.78 is 15.5. The van der Waals surface area contributed by atoms with Crippen LogP contribution in [0.4, 0.5) is 4.39 Å². The quantitative estimate of drug-likeness (QED) is 0.854. The van der Waals surface area contributed by atoms with E-state index in [0.717, 1.165) is 5.69 Å². The van der Waals surface area contributed by atoms with E-state index in [2.05, 4.69) is 4.98 Å². The fraction of sp³-hybridized carbons (Fsp3) is 0.333. The van der Waals surface area contributed by atoms with Gasteiger partial charge in [-0.15, -0.1) is 0 Å². The van der Waals surface area contributed by atoms with Gasteiger partial charge in [-0.3, -0.25) is 4.79 Å². The van der Waals surface area contributed by atoms with Crippen LogP contribution in [0, 0.1) is 5.82 Å². The summed E-state index contributed by atoms with van der Waals surface area (Å²) in [6, 6.07) is 6.78. The Morgan fingerprint density at radius 1 is 1.40 bits per heavy atom. The van der Waals surface area contributed by atoms with E-state index < -0.39 is 0 Å². The summed E-state index contributed by atoms with van der Waals surface area (Å²) in [5, 5.41) is 0. The van der Waals surface area contributed by atoms with Gasteiger partial charge in [0.1, 0.15) is 5.82 Å². The van der Waals surface area contributed by atoms with E-state index in [9.17, 15) is 9.18 Å². The molecule has 0 spiro atoms. The summed E-state index contributed by atoms with van der Waals surface area (Å²) >= 11 is 0. The Hall–Kier alpha value is -2.17. The molecule has 4 nitrogen and oxygen atoms in total. The number of halogens is 1. The number of hydrogen-bond acceptors (Lipinski definition) is 2. The van der Waals surface area contributed by atoms with Gasteiger partial charge in [0.2, 0.25) is 5.91 Å². The first kappa shape index (κ1) is 12.8. The lowest BCUT2D eigenvalue weighted by Gasteiger charge is -2.39. The molecule has 2 aromatic rings. The smallest absolute Gasteiger partial charge is 0.228 e. The molecule has 1 amide bonds. The number of amides is 1. The summed E-state index contributed by atoms with van der Waals surface area (Å²) in [6.45, 7) is 1.19. The number of rotatable bonds is 3. The van der Waals surface area contributed by atoms with E-state index in [4.69, 9.17) is 0 Å². The number of hydrogen-bond donors (Lipinski definition) is 0. The maximum Gasteiger partial charge on any atom is 0.228 e. The van der Waals surface area contributed by atoms with E-state index in [1.807, 2.05) is 17.7 Å². The molecule has 0 radical (unpaired) electrons. The molecule has 0 unspecified atom stereocenters. The van der Waals surface area contributed by atoms with Gasteiger partial charge in [-0.1, -0.05) is 18.2 Å². The molecular weight excluding hydrogens is 257 g/mol. The highest BCUT2D eigenvalue weighted by molar-refractivity contribution is 5.79. The van der Waals surface area contributed by atoms with E-state index in [0.29, 0.717) is 25.1 Å². The normalized spacial score (nSPS) is 15.2. The number of aryl methyl sites for hydroxylation is 1. The molecule has 1 aliphatic heterocycles. The molecule has 0 aliphatic carbocycles. The summed E-state index contributed by atoms with van der Waals surface area (Å²) in [5.74, 6) is 0.00381. The van der Waals surface area contributed by atoms with Crippen LogP contribution in [0.5, 0.6) is 0 Å². The molecule has 0 atom stereocenters. The van der Waals surface area contributed by atoms with Gasteiger partial charge in [0.25, 0.3) is 0 Å². The fourth-order valence-electron chi connectivity index (χ4n) is 2.51. The van der Waals surface area contributed by atoms with Gasteiger partial charge in [0.15, 0.2) is 0 Å². The maximum absolute atomic E-state index is 13.6. The number of benzene rings is 1. The van der Waals surface area contributed by atoms with Crippen molar-refractivity contribution in [3.8, 4) is 0 Å². The van der Waals surface area contributed by atoms with E-state index >= 15 is 0 Å². The third-order valence-electron chi connectivity index (χ3n) is 3.83. The molecule has 5 heteroatoms. The van der Waals surface area contributed by atoms with Crippen LogP contribution in [0.25, 0.3) is 0 Å². The van der Waals surface area contributed by atoms with Crippen molar-refractivity contribution >= 4 is 5.91 Å². The van der Waals surface area contributed by atoms with Crippen molar-refractivity contribution in [3.05, 3.63) is 53.9 Å². The second-order valence-electron chi connectivity index (χ2n) is 5.19. The van der Waals surface area contributed by atoms with Gasteiger partial charge in [0, 0.05) is 37.9 Å². The van der Waals surface area contributed by atoms with Gasteiger partial charge in [-0.05, 0) is 11.6 Å². The highest BCUT2D eigenvalue weighted by Crippen LogP contribution is 2.29. The average molecular weight is 273 g/mol. The van der Waals surface area contributed by atoms with Crippen LogP contribution in [-0.2, 0) is 18.3 Å². The number of carbonyl (C=O) groups is 1. The van der Waals surface area contributed by atoms with E-state index in [1.54, 1.807) is 29.6 Å². The third kappa shape index (κ3) is 2.31. The predicted molar refractivity (Wildman–Crippen MR) is 72.6 cm³/mol. The van der Waals surface area contributed by atoms with E-state index in [-0.39, 0.29) is 17.6 Å². The zero-order chi connectivity index (χ0) is 14.1. The van der Waals surface area contributed by atoms with Crippen molar-refractivity contribution in [2.45, 2.75) is 12.3 Å². The Balaban J connectivity index is 1.59. The summed E-state index contributed by atoms with van der Waals surface area (Å²) in [4.78, 5) is 17.9. The van der Waals surface area contributed by atoms with Gasteiger partial charge < -0.3 is 9.47 Å². The van der Waals surface area contributed by atoms with Gasteiger partial charge in [-0.2, -0.15) is 0 Å². The van der Waals surface area contributed by atoms with Crippen molar-refractivity contribution in [1.82, 2.24) is 14.5 Å². The minimum absolute atomic E-state index is 0.0705. The van der Waals surface area contributed by atoms with Crippen LogP contribution in [0.15, 0.2) is 36.8 Å². The van der Waals surface area contributed by atoms with Crippen molar-refractivity contribution in [1.29, 1.82) is 0 Å². The molecule has 1 aromatic heterocycles. The lowest BCUT2D eigenvalue weighted by Crippen LogP contribution is -2.49. The highest BCUT2D eigenvalue weighted by Gasteiger charge is 2.33. The van der Waals surface area contributed by atoms with Crippen molar-refractivity contribution < 1.29 is 9.18 Å². The number of likely N-dealkylation sites (tertiary alicyclic amines) is 1. The standard InChI is InChI=1S/C15H16FN3O/c1-18-10-17-7-12(18)6-15(20)19-8-11(9-19)13-4-2-3-5-14(13)16/h2-5,7,10-11H,6,8-9H2,1H3. The minimum Gasteiger partial charge on any atom is -0.341 e. The van der Waals surface area contributed by atoms with Crippen LogP contribution in [-0.4, -0.2) is 33.4 Å². The topological polar surface area (TPSA) is 38.1 Å². The Morgan fingerprint density at radius 3 is 2.80 bits per heavy atom. The molecule has 0 saturated carbocycles. The molecule has 20 heavy (non-hydrogen) atoms. The van der Waals surface area contributed by atoms with Crippen molar-refractivity contribution in [2.24, 2.45) is 7.05 Å². The third-order valence-corrected chi connectivity index (χ3v) is 3.83. The number of nitrogens with zero attached hydrogens (tertiary/aromatic N) is 3. The van der Waals surface area contributed by atoms with Crippen LogP contribution in [0.3, 0.4) is 0 Å². The highest BCUT2D eigenvalue weighted by atomic mass is 19.1. The largest absolute Gasteiger partial charge is 0.341 e. The lowest BCUT2D eigenvalue weighted by molar-refractivity contribution is -0.135. The van der Waals surface area contributed by atoms with Gasteiger partial charge in [-0.25, -0.2) is 9.37 Å². The van der Waals surface area contributed by atoms with Gasteiger partial charge in [0.05, 0.1) is 12.7 Å². The van der Waals surface area contributed by atoms with Crippen LogP contribution in [0.2, 0.25) is 0 Å². The molecule has 3 rings (SSSR count). The maximum atomic E-state index is 13.6. The summed E-state index contributed by atoms with van der Waals surface area (Å²) in [5.41, 5.74) is 1.60. The minimum atomic E-state index is -0.184. The van der Waals surface area contributed by atoms with Crippen LogP contribution >= 0.6 is 0 Å². The molecule has 2 heterocycles. The second-order valence-corrected chi connectivity index (χ2v) is 5.19. The molecule has 1 fully saturated rings. The Labute approximate surface area is 116 Å².